The fourth-order valence-corrected chi connectivity index (χ4v) is 1.15. The van der Waals surface area contributed by atoms with E-state index in [0.29, 0.717) is 5.56 Å². The Kier molecular flexibility index (Phi) is 2.54. The molecule has 1 nitrogen and oxygen atoms in total. The van der Waals surface area contributed by atoms with Crippen molar-refractivity contribution in [3.63, 3.8) is 0 Å². The molecule has 1 aromatic carbocycles. The molecule has 0 aliphatic carbocycles. The molecule has 0 saturated heterocycles. The third-order valence-electron chi connectivity index (χ3n) is 1.70. The Morgan fingerprint density at radius 1 is 1.15 bits per heavy atom. The molecule has 0 unspecified atom stereocenters. The Morgan fingerprint density at radius 2 is 1.77 bits per heavy atom. The van der Waals surface area contributed by atoms with Gasteiger partial charge in [-0.2, -0.15) is 0 Å². The number of benzene rings is 1. The first-order valence-electron chi connectivity index (χ1n) is 3.93. The fraction of sp³-hybridized carbons (Fsp3) is 0.250. The van der Waals surface area contributed by atoms with E-state index in [9.17, 15) is 12.9 Å². The van der Waals surface area contributed by atoms with E-state index in [1.807, 2.05) is 6.92 Å². The van der Waals surface area contributed by atoms with Crippen molar-refractivity contribution in [2.24, 2.45) is 0 Å². The number of aryl methyl sites for hydroxylation is 2. The third kappa shape index (κ3) is 3.01. The summed E-state index contributed by atoms with van der Waals surface area (Å²) in [5, 5.41) is 1.54. The maximum Gasteiger partial charge on any atom is 0.595 e. The van der Waals surface area contributed by atoms with Crippen molar-refractivity contribution in [1.29, 1.82) is 0 Å². The van der Waals surface area contributed by atoms with Crippen LogP contribution >= 0.6 is 0 Å². The van der Waals surface area contributed by atoms with Gasteiger partial charge < -0.3 is 18.2 Å². The van der Waals surface area contributed by atoms with Gasteiger partial charge in [0.05, 0.1) is 0 Å². The fourth-order valence-electron chi connectivity index (χ4n) is 1.15. The first-order valence-corrected chi connectivity index (χ1v) is 3.93. The lowest BCUT2D eigenvalue weighted by Gasteiger charge is -2.19. The van der Waals surface area contributed by atoms with Gasteiger partial charge in [-0.15, -0.1) is 0 Å². The second-order valence-electron chi connectivity index (χ2n) is 3.04. The molecule has 1 aromatic rings. The smallest absolute Gasteiger partial charge is 0.473 e. The average molecular weight is 188 g/mol. The monoisotopic (exact) mass is 188 g/mol. The van der Waals surface area contributed by atoms with Crippen LogP contribution in [0, 0.1) is 13.8 Å². The molecule has 0 heterocycles. The van der Waals surface area contributed by atoms with E-state index in [-0.39, 0.29) is 5.69 Å². The molecule has 1 N–H and O–H groups in total. The minimum Gasteiger partial charge on any atom is -0.473 e. The van der Waals surface area contributed by atoms with E-state index >= 15 is 0 Å². The zero-order valence-corrected chi connectivity index (χ0v) is 7.44. The van der Waals surface area contributed by atoms with Crippen LogP contribution in [0.3, 0.4) is 0 Å². The predicted molar refractivity (Wildman–Crippen MR) is 48.6 cm³/mol. The largest absolute Gasteiger partial charge is 0.595 e. The molecular formula is C8H10BF3N-. The van der Waals surface area contributed by atoms with E-state index in [1.54, 1.807) is 19.1 Å². The Hall–Kier alpha value is -1.13. The number of hydrogen-bond acceptors (Lipinski definition) is 1. The summed E-state index contributed by atoms with van der Waals surface area (Å²) >= 11 is 0. The van der Waals surface area contributed by atoms with E-state index in [4.69, 9.17) is 0 Å². The normalized spacial score (nSPS) is 11.5. The summed E-state index contributed by atoms with van der Waals surface area (Å²) in [6.07, 6.45) is 0. The van der Waals surface area contributed by atoms with Gasteiger partial charge in [0.15, 0.2) is 0 Å². The molecule has 0 radical (unpaired) electrons. The van der Waals surface area contributed by atoms with E-state index in [1.165, 1.54) is 11.3 Å². The number of nitrogens with one attached hydrogen (secondary N) is 1. The van der Waals surface area contributed by atoms with Gasteiger partial charge >= 0.3 is 7.11 Å². The summed E-state index contributed by atoms with van der Waals surface area (Å²) in [5.41, 5.74) is 1.70. The Morgan fingerprint density at radius 3 is 2.23 bits per heavy atom. The van der Waals surface area contributed by atoms with Crippen LogP contribution in [0.2, 0.25) is 0 Å². The summed E-state index contributed by atoms with van der Waals surface area (Å²) in [6.45, 7) is 3.49. The third-order valence-corrected chi connectivity index (χ3v) is 1.70. The summed E-state index contributed by atoms with van der Waals surface area (Å²) in [4.78, 5) is 0. The van der Waals surface area contributed by atoms with Crippen molar-refractivity contribution in [1.82, 2.24) is 0 Å². The molecule has 0 fully saturated rings. The number of rotatable bonds is 2. The average Bonchev–Trinajstić information content (AvgIpc) is 1.93. The van der Waals surface area contributed by atoms with Gasteiger partial charge in [0.1, 0.15) is 0 Å². The molecule has 5 heteroatoms. The second kappa shape index (κ2) is 3.32. The second-order valence-corrected chi connectivity index (χ2v) is 3.04. The highest BCUT2D eigenvalue weighted by Crippen LogP contribution is 2.20. The maximum absolute atomic E-state index is 12.0. The molecule has 0 atom stereocenters. The van der Waals surface area contributed by atoms with Crippen LogP contribution < -0.4 is 5.23 Å². The topological polar surface area (TPSA) is 12.0 Å². The Balaban J connectivity index is 2.90. The van der Waals surface area contributed by atoms with Crippen molar-refractivity contribution < 1.29 is 12.9 Å². The number of anilines is 1. The standard InChI is InChI=1S/C8H10BF3N/c1-6-3-4-8(7(2)5-6)13-9(10,11)12/h3-5,13H,1-2H3/q-1. The highest BCUT2D eigenvalue weighted by atomic mass is 19.4. The first-order chi connectivity index (χ1) is 5.88. The summed E-state index contributed by atoms with van der Waals surface area (Å²) < 4.78 is 35.9. The van der Waals surface area contributed by atoms with Crippen LogP contribution in [0.15, 0.2) is 18.2 Å². The van der Waals surface area contributed by atoms with Gasteiger partial charge in [0.2, 0.25) is 0 Å². The molecule has 0 spiro atoms. The van der Waals surface area contributed by atoms with Crippen LogP contribution in [0.25, 0.3) is 0 Å². The molecule has 0 aliphatic heterocycles. The van der Waals surface area contributed by atoms with E-state index in [0.717, 1.165) is 5.56 Å². The van der Waals surface area contributed by atoms with Crippen LogP contribution in [0.5, 0.6) is 0 Å². The van der Waals surface area contributed by atoms with Crippen molar-refractivity contribution in [3.8, 4) is 0 Å². The molecular weight excluding hydrogens is 178 g/mol. The Labute approximate surface area is 75.0 Å². The van der Waals surface area contributed by atoms with Crippen LogP contribution in [-0.4, -0.2) is 7.11 Å². The van der Waals surface area contributed by atoms with Gasteiger partial charge in [-0.25, -0.2) is 0 Å². The van der Waals surface area contributed by atoms with E-state index < -0.39 is 7.11 Å². The lowest BCUT2D eigenvalue weighted by atomic mass is 10.1. The quantitative estimate of drug-likeness (QED) is 0.703. The zero-order chi connectivity index (χ0) is 10.1. The summed E-state index contributed by atoms with van der Waals surface area (Å²) in [5.74, 6) is 0. The molecule has 1 rings (SSSR count). The molecule has 0 aliphatic rings. The summed E-state index contributed by atoms with van der Waals surface area (Å²) in [6, 6.07) is 4.81. The minimum atomic E-state index is -4.96. The lowest BCUT2D eigenvalue weighted by molar-refractivity contribution is 0.487. The maximum atomic E-state index is 12.0. The van der Waals surface area contributed by atoms with Crippen LogP contribution in [-0.2, 0) is 0 Å². The van der Waals surface area contributed by atoms with Crippen molar-refractivity contribution in [3.05, 3.63) is 29.3 Å². The van der Waals surface area contributed by atoms with Gasteiger partial charge in [0, 0.05) is 5.69 Å². The lowest BCUT2D eigenvalue weighted by Crippen LogP contribution is -2.28. The predicted octanol–water partition coefficient (Wildman–Crippen LogP) is 3.06. The Bertz CT molecular complexity index is 309. The van der Waals surface area contributed by atoms with Crippen molar-refractivity contribution in [2.75, 3.05) is 5.23 Å². The van der Waals surface area contributed by atoms with Gasteiger partial charge in [0.25, 0.3) is 0 Å². The first kappa shape index (κ1) is 9.96. The molecule has 0 aromatic heterocycles. The molecule has 0 bridgehead atoms. The number of hydrogen-bond donors (Lipinski definition) is 1. The van der Waals surface area contributed by atoms with Crippen molar-refractivity contribution >= 4 is 12.8 Å². The molecule has 72 valence electrons. The molecule has 0 amide bonds. The molecule has 0 saturated carbocycles. The van der Waals surface area contributed by atoms with Crippen LogP contribution in [0.4, 0.5) is 18.6 Å². The van der Waals surface area contributed by atoms with Crippen LogP contribution in [0.1, 0.15) is 11.1 Å². The van der Waals surface area contributed by atoms with Gasteiger partial charge in [-0.3, -0.25) is 0 Å². The SMILES string of the molecule is Cc1ccc(N[B-](F)(F)F)c(C)c1. The summed E-state index contributed by atoms with van der Waals surface area (Å²) in [7, 11) is -4.96. The van der Waals surface area contributed by atoms with Gasteiger partial charge in [-0.05, 0) is 25.5 Å². The molecule has 13 heavy (non-hydrogen) atoms. The minimum absolute atomic E-state index is 0.137. The zero-order valence-electron chi connectivity index (χ0n) is 7.44. The highest BCUT2D eigenvalue weighted by molar-refractivity contribution is 6.62. The van der Waals surface area contributed by atoms with Crippen molar-refractivity contribution in [2.45, 2.75) is 13.8 Å². The number of halogens is 3. The highest BCUT2D eigenvalue weighted by Gasteiger charge is 2.23. The van der Waals surface area contributed by atoms with E-state index in [2.05, 4.69) is 0 Å². The van der Waals surface area contributed by atoms with Gasteiger partial charge in [-0.1, -0.05) is 17.7 Å².